The highest BCUT2D eigenvalue weighted by Gasteiger charge is 2.36. The lowest BCUT2D eigenvalue weighted by Gasteiger charge is -2.26. The molecule has 0 spiro atoms. The van der Waals surface area contributed by atoms with Gasteiger partial charge in [-0.1, -0.05) is 47.5 Å². The summed E-state index contributed by atoms with van der Waals surface area (Å²) in [5.41, 5.74) is 0.974. The average molecular weight is 483 g/mol. The molecule has 1 fully saturated rings. The molecule has 1 heterocycles. The summed E-state index contributed by atoms with van der Waals surface area (Å²) in [6.45, 7) is 0.195. The molecule has 3 aromatic carbocycles. The standard InChI is InChI=1S/C24H16Cl2N2O5/c25-16-6-5-15(20(26)12-16)13-33-18-9-7-17(8-10-18)28-23(31)19(22(30)27-24(28)32)11-14-3-1-2-4-21(14)29/h1-12,29H,13H2,(H,27,30,32)/b19-11+. The third-order valence-electron chi connectivity index (χ3n) is 4.84. The number of ether oxygens (including phenoxy) is 1. The van der Waals surface area contributed by atoms with E-state index >= 15 is 0 Å². The van der Waals surface area contributed by atoms with Crippen molar-refractivity contribution < 1.29 is 24.2 Å². The van der Waals surface area contributed by atoms with Crippen LogP contribution in [0.3, 0.4) is 0 Å². The first-order chi connectivity index (χ1) is 15.8. The summed E-state index contributed by atoms with van der Waals surface area (Å²) >= 11 is 12.0. The number of phenols is 1. The van der Waals surface area contributed by atoms with Crippen molar-refractivity contribution in [2.75, 3.05) is 4.90 Å². The van der Waals surface area contributed by atoms with Crippen molar-refractivity contribution in [3.63, 3.8) is 0 Å². The monoisotopic (exact) mass is 482 g/mol. The number of nitrogens with zero attached hydrogens (tertiary/aromatic N) is 1. The second-order valence-electron chi connectivity index (χ2n) is 7.03. The quantitative estimate of drug-likeness (QED) is 0.396. The first-order valence-corrected chi connectivity index (χ1v) is 10.5. The van der Waals surface area contributed by atoms with Gasteiger partial charge >= 0.3 is 6.03 Å². The maximum Gasteiger partial charge on any atom is 0.335 e. The number of imide groups is 2. The van der Waals surface area contributed by atoms with Crippen LogP contribution in [0.25, 0.3) is 6.08 Å². The second kappa shape index (κ2) is 9.36. The Morgan fingerprint density at radius 1 is 0.970 bits per heavy atom. The minimum absolute atomic E-state index is 0.101. The molecule has 4 rings (SSSR count). The molecule has 33 heavy (non-hydrogen) atoms. The zero-order valence-corrected chi connectivity index (χ0v) is 18.4. The normalized spacial score (nSPS) is 15.0. The molecule has 0 unspecified atom stereocenters. The average Bonchev–Trinajstić information content (AvgIpc) is 2.78. The van der Waals surface area contributed by atoms with Crippen LogP contribution in [0.1, 0.15) is 11.1 Å². The number of anilines is 1. The summed E-state index contributed by atoms with van der Waals surface area (Å²) in [6.07, 6.45) is 1.24. The van der Waals surface area contributed by atoms with Crippen LogP contribution in [0.15, 0.2) is 72.3 Å². The minimum Gasteiger partial charge on any atom is -0.507 e. The molecule has 3 aromatic rings. The number of phenolic OH excluding ortho intramolecular Hbond substituents is 1. The number of carbonyl (C=O) groups excluding carboxylic acids is 3. The number of halogens is 2. The van der Waals surface area contributed by atoms with Gasteiger partial charge in [-0.3, -0.25) is 14.9 Å². The molecule has 1 aliphatic rings. The molecule has 4 amide bonds. The van der Waals surface area contributed by atoms with Crippen molar-refractivity contribution in [2.24, 2.45) is 0 Å². The van der Waals surface area contributed by atoms with Gasteiger partial charge in [0.15, 0.2) is 0 Å². The molecular formula is C24H16Cl2N2O5. The molecule has 0 aliphatic carbocycles. The summed E-state index contributed by atoms with van der Waals surface area (Å²) in [4.78, 5) is 38.4. The molecule has 9 heteroatoms. The zero-order valence-electron chi connectivity index (χ0n) is 16.9. The van der Waals surface area contributed by atoms with Crippen molar-refractivity contribution in [2.45, 2.75) is 6.61 Å². The Balaban J connectivity index is 1.54. The third-order valence-corrected chi connectivity index (χ3v) is 5.43. The van der Waals surface area contributed by atoms with Crippen molar-refractivity contribution in [1.82, 2.24) is 5.32 Å². The summed E-state index contributed by atoms with van der Waals surface area (Å²) in [5, 5.41) is 13.1. The maximum absolute atomic E-state index is 13.0. The Morgan fingerprint density at radius 2 is 1.70 bits per heavy atom. The second-order valence-corrected chi connectivity index (χ2v) is 7.88. The first-order valence-electron chi connectivity index (χ1n) is 9.70. The van der Waals surface area contributed by atoms with Gasteiger partial charge in [0, 0.05) is 21.2 Å². The van der Waals surface area contributed by atoms with Crippen LogP contribution in [-0.4, -0.2) is 23.0 Å². The highest BCUT2D eigenvalue weighted by molar-refractivity contribution is 6.39. The molecule has 166 valence electrons. The van der Waals surface area contributed by atoms with E-state index < -0.39 is 17.8 Å². The number of aromatic hydroxyl groups is 1. The van der Waals surface area contributed by atoms with Gasteiger partial charge in [0.1, 0.15) is 23.7 Å². The van der Waals surface area contributed by atoms with Gasteiger partial charge in [-0.2, -0.15) is 0 Å². The number of nitrogens with one attached hydrogen (secondary N) is 1. The Kier molecular flexibility index (Phi) is 6.35. The van der Waals surface area contributed by atoms with E-state index in [1.165, 1.54) is 24.3 Å². The van der Waals surface area contributed by atoms with Gasteiger partial charge in [-0.15, -0.1) is 0 Å². The van der Waals surface area contributed by atoms with E-state index in [1.54, 1.807) is 48.5 Å². The molecular weight excluding hydrogens is 467 g/mol. The molecule has 0 saturated carbocycles. The Hall–Kier alpha value is -3.81. The van der Waals surface area contributed by atoms with Crippen LogP contribution in [0.2, 0.25) is 10.0 Å². The van der Waals surface area contributed by atoms with Crippen LogP contribution in [0.4, 0.5) is 10.5 Å². The van der Waals surface area contributed by atoms with Crippen molar-refractivity contribution >= 4 is 52.8 Å². The summed E-state index contributed by atoms with van der Waals surface area (Å²) in [5.74, 6) is -1.27. The first kappa shape index (κ1) is 22.4. The van der Waals surface area contributed by atoms with Crippen molar-refractivity contribution in [1.29, 1.82) is 0 Å². The maximum atomic E-state index is 13.0. The van der Waals surface area contributed by atoms with Crippen LogP contribution in [0.5, 0.6) is 11.5 Å². The van der Waals surface area contributed by atoms with E-state index in [1.807, 2.05) is 0 Å². The number of carbonyl (C=O) groups is 3. The number of barbiturate groups is 1. The fourth-order valence-corrected chi connectivity index (χ4v) is 3.61. The third kappa shape index (κ3) is 4.84. The largest absolute Gasteiger partial charge is 0.507 e. The Morgan fingerprint density at radius 3 is 2.39 bits per heavy atom. The topological polar surface area (TPSA) is 95.9 Å². The number of urea groups is 1. The Labute approximate surface area is 198 Å². The summed E-state index contributed by atoms with van der Waals surface area (Å²) < 4.78 is 5.71. The molecule has 1 saturated heterocycles. The van der Waals surface area contributed by atoms with Gasteiger partial charge in [0.05, 0.1) is 5.69 Å². The lowest BCUT2D eigenvalue weighted by molar-refractivity contribution is -0.122. The molecule has 0 atom stereocenters. The number of hydrogen-bond acceptors (Lipinski definition) is 5. The lowest BCUT2D eigenvalue weighted by atomic mass is 10.1. The van der Waals surface area contributed by atoms with Crippen LogP contribution in [0, 0.1) is 0 Å². The highest BCUT2D eigenvalue weighted by Crippen LogP contribution is 2.27. The molecule has 7 nitrogen and oxygen atoms in total. The van der Waals surface area contributed by atoms with Crippen LogP contribution >= 0.6 is 23.2 Å². The Bertz CT molecular complexity index is 1290. The number of amides is 4. The summed E-state index contributed by atoms with van der Waals surface area (Å²) in [7, 11) is 0. The van der Waals surface area contributed by atoms with Gasteiger partial charge < -0.3 is 9.84 Å². The van der Waals surface area contributed by atoms with E-state index in [0.29, 0.717) is 15.8 Å². The number of para-hydroxylation sites is 1. The van der Waals surface area contributed by atoms with Crippen LogP contribution in [-0.2, 0) is 16.2 Å². The number of hydrogen-bond donors (Lipinski definition) is 2. The van der Waals surface area contributed by atoms with E-state index in [2.05, 4.69) is 5.32 Å². The van der Waals surface area contributed by atoms with Crippen LogP contribution < -0.4 is 15.0 Å². The van der Waals surface area contributed by atoms with E-state index in [9.17, 15) is 19.5 Å². The van der Waals surface area contributed by atoms with E-state index in [0.717, 1.165) is 10.5 Å². The van der Waals surface area contributed by atoms with Crippen molar-refractivity contribution in [3.8, 4) is 11.5 Å². The molecule has 0 radical (unpaired) electrons. The van der Waals surface area contributed by atoms with Gasteiger partial charge in [0.2, 0.25) is 0 Å². The smallest absolute Gasteiger partial charge is 0.335 e. The van der Waals surface area contributed by atoms with E-state index in [-0.39, 0.29) is 29.2 Å². The van der Waals surface area contributed by atoms with Gasteiger partial charge in [-0.05, 0) is 48.5 Å². The molecule has 1 aliphatic heterocycles. The fraction of sp³-hybridized carbons (Fsp3) is 0.0417. The van der Waals surface area contributed by atoms with Gasteiger partial charge in [0.25, 0.3) is 11.8 Å². The number of benzene rings is 3. The predicted octanol–water partition coefficient (Wildman–Crippen LogP) is 4.94. The minimum atomic E-state index is -0.874. The van der Waals surface area contributed by atoms with Crippen molar-refractivity contribution in [3.05, 3.63) is 93.5 Å². The SMILES string of the molecule is O=C1NC(=O)N(c2ccc(OCc3ccc(Cl)cc3Cl)cc2)C(=O)/C1=C/c1ccccc1O. The lowest BCUT2D eigenvalue weighted by Crippen LogP contribution is -2.54. The van der Waals surface area contributed by atoms with E-state index in [4.69, 9.17) is 27.9 Å². The predicted molar refractivity (Wildman–Crippen MR) is 124 cm³/mol. The number of rotatable bonds is 5. The molecule has 2 N–H and O–H groups in total. The zero-order chi connectivity index (χ0) is 23.5. The highest BCUT2D eigenvalue weighted by atomic mass is 35.5. The van der Waals surface area contributed by atoms with Gasteiger partial charge in [-0.25, -0.2) is 9.69 Å². The molecule has 0 aromatic heterocycles. The fourth-order valence-electron chi connectivity index (χ4n) is 3.15. The summed E-state index contributed by atoms with van der Waals surface area (Å²) in [6, 6.07) is 16.6. The molecule has 0 bridgehead atoms.